The quantitative estimate of drug-likeness (QED) is 0.481. The molecular weight excluding hydrogens is 256 g/mol. The molecule has 0 saturated carbocycles. The average molecular weight is 274 g/mol. The van der Waals surface area contributed by atoms with Crippen LogP contribution in [-0.4, -0.2) is 24.5 Å². The van der Waals surface area contributed by atoms with Crippen LogP contribution in [0.2, 0.25) is 0 Å². The molecule has 0 radical (unpaired) electrons. The Balaban J connectivity index is 2.30. The highest BCUT2D eigenvalue weighted by Crippen LogP contribution is 2.39. The number of ketones is 1. The van der Waals surface area contributed by atoms with Gasteiger partial charge in [-0.1, -0.05) is 35.9 Å². The Morgan fingerprint density at radius 2 is 2.15 bits per heavy atom. The van der Waals surface area contributed by atoms with Crippen LogP contribution in [0.5, 0.6) is 0 Å². The minimum atomic E-state index is -1.54. The van der Waals surface area contributed by atoms with Crippen LogP contribution in [0.1, 0.15) is 30.1 Å². The first kappa shape index (κ1) is 14.5. The molecule has 0 aromatic heterocycles. The van der Waals surface area contributed by atoms with Gasteiger partial charge in [-0.25, -0.2) is 4.79 Å². The van der Waals surface area contributed by atoms with Gasteiger partial charge in [-0.3, -0.25) is 4.79 Å². The minimum Gasteiger partial charge on any atom is -0.467 e. The number of rotatable bonds is 4. The van der Waals surface area contributed by atoms with Gasteiger partial charge in [0.2, 0.25) is 5.60 Å². The van der Waals surface area contributed by atoms with E-state index in [4.69, 9.17) is 9.47 Å². The van der Waals surface area contributed by atoms with E-state index in [9.17, 15) is 9.59 Å². The Morgan fingerprint density at radius 3 is 2.70 bits per heavy atom. The van der Waals surface area contributed by atoms with Crippen LogP contribution in [0.4, 0.5) is 0 Å². The van der Waals surface area contributed by atoms with Crippen LogP contribution in [0.3, 0.4) is 0 Å². The Labute approximate surface area is 118 Å². The van der Waals surface area contributed by atoms with E-state index in [1.54, 1.807) is 0 Å². The van der Waals surface area contributed by atoms with Crippen molar-refractivity contribution < 1.29 is 19.1 Å². The van der Waals surface area contributed by atoms with Gasteiger partial charge < -0.3 is 9.47 Å². The van der Waals surface area contributed by atoms with Crippen molar-refractivity contribution in [2.24, 2.45) is 0 Å². The zero-order valence-electron chi connectivity index (χ0n) is 11.7. The van der Waals surface area contributed by atoms with Crippen molar-refractivity contribution in [3.63, 3.8) is 0 Å². The van der Waals surface area contributed by atoms with Crippen molar-refractivity contribution >= 4 is 11.8 Å². The topological polar surface area (TPSA) is 52.6 Å². The lowest BCUT2D eigenvalue weighted by Gasteiger charge is -2.23. The molecule has 0 amide bonds. The SMILES string of the molecule is C=CC[C@]1(C(=O)OC)O[C@@H](c2ccc(C)cc2)CC1=O. The second kappa shape index (κ2) is 5.59. The number of hydrogen-bond donors (Lipinski definition) is 0. The number of Topliss-reactive ketones (excluding diaryl/α,β-unsaturated/α-hetero) is 1. The largest absolute Gasteiger partial charge is 0.467 e. The zero-order valence-corrected chi connectivity index (χ0v) is 11.7. The molecule has 1 saturated heterocycles. The van der Waals surface area contributed by atoms with E-state index >= 15 is 0 Å². The minimum absolute atomic E-state index is 0.126. The maximum absolute atomic E-state index is 12.3. The fourth-order valence-corrected chi connectivity index (χ4v) is 2.43. The fourth-order valence-electron chi connectivity index (χ4n) is 2.43. The Bertz CT molecular complexity index is 532. The number of benzene rings is 1. The van der Waals surface area contributed by atoms with Crippen LogP contribution >= 0.6 is 0 Å². The summed E-state index contributed by atoms with van der Waals surface area (Å²) < 4.78 is 10.5. The predicted molar refractivity (Wildman–Crippen MR) is 74.2 cm³/mol. The molecule has 0 spiro atoms. The summed E-state index contributed by atoms with van der Waals surface area (Å²) in [5.41, 5.74) is 0.480. The van der Waals surface area contributed by atoms with Gasteiger partial charge in [0.05, 0.1) is 13.2 Å². The maximum atomic E-state index is 12.3. The van der Waals surface area contributed by atoms with E-state index in [2.05, 4.69) is 6.58 Å². The summed E-state index contributed by atoms with van der Waals surface area (Å²) in [6.45, 7) is 5.58. The van der Waals surface area contributed by atoms with Crippen LogP contribution in [0, 0.1) is 6.92 Å². The Kier molecular flexibility index (Phi) is 4.04. The van der Waals surface area contributed by atoms with Crippen molar-refractivity contribution in [3.05, 3.63) is 48.0 Å². The summed E-state index contributed by atoms with van der Waals surface area (Å²) in [5.74, 6) is -0.910. The Morgan fingerprint density at radius 1 is 1.50 bits per heavy atom. The van der Waals surface area contributed by atoms with Gasteiger partial charge in [0, 0.05) is 12.8 Å². The van der Waals surface area contributed by atoms with Crippen molar-refractivity contribution in [3.8, 4) is 0 Å². The first-order valence-electron chi connectivity index (χ1n) is 6.50. The standard InChI is InChI=1S/C16H18O4/c1-4-9-16(15(18)19-3)14(17)10-13(20-16)12-7-5-11(2)6-8-12/h4-8,13H,1,9-10H2,2-3H3/t13-,16+/m1/s1. The van der Waals surface area contributed by atoms with Crippen LogP contribution in [0.15, 0.2) is 36.9 Å². The third kappa shape index (κ3) is 2.39. The molecule has 1 aromatic rings. The van der Waals surface area contributed by atoms with Gasteiger partial charge in [-0.05, 0) is 12.5 Å². The van der Waals surface area contributed by atoms with Crippen molar-refractivity contribution in [2.45, 2.75) is 31.5 Å². The number of carbonyl (C=O) groups excluding carboxylic acids is 2. The summed E-state index contributed by atoms with van der Waals surface area (Å²) in [7, 11) is 1.25. The lowest BCUT2D eigenvalue weighted by atomic mass is 9.93. The van der Waals surface area contributed by atoms with E-state index in [0.29, 0.717) is 0 Å². The first-order chi connectivity index (χ1) is 9.53. The average Bonchev–Trinajstić information content (AvgIpc) is 2.77. The van der Waals surface area contributed by atoms with Gasteiger partial charge in [0.15, 0.2) is 5.78 Å². The van der Waals surface area contributed by atoms with Crippen molar-refractivity contribution in [1.82, 2.24) is 0 Å². The molecule has 0 N–H and O–H groups in total. The molecule has 1 fully saturated rings. The van der Waals surface area contributed by atoms with E-state index in [-0.39, 0.29) is 18.6 Å². The molecule has 0 unspecified atom stereocenters. The highest BCUT2D eigenvalue weighted by molar-refractivity contribution is 6.09. The molecule has 1 aromatic carbocycles. The van der Waals surface area contributed by atoms with Gasteiger partial charge in [0.25, 0.3) is 0 Å². The van der Waals surface area contributed by atoms with Crippen molar-refractivity contribution in [2.75, 3.05) is 7.11 Å². The monoisotopic (exact) mass is 274 g/mol. The van der Waals surface area contributed by atoms with Gasteiger partial charge in [0.1, 0.15) is 0 Å². The van der Waals surface area contributed by atoms with E-state index < -0.39 is 17.7 Å². The summed E-state index contributed by atoms with van der Waals surface area (Å²) in [6.07, 6.45) is 1.39. The zero-order chi connectivity index (χ0) is 14.8. The summed E-state index contributed by atoms with van der Waals surface area (Å²) >= 11 is 0. The number of methoxy groups -OCH3 is 1. The number of esters is 1. The third-order valence-corrected chi connectivity index (χ3v) is 3.56. The number of carbonyl (C=O) groups is 2. The van der Waals surface area contributed by atoms with E-state index in [1.165, 1.54) is 13.2 Å². The first-order valence-corrected chi connectivity index (χ1v) is 6.50. The lowest BCUT2D eigenvalue weighted by molar-refractivity contribution is -0.170. The highest BCUT2D eigenvalue weighted by atomic mass is 16.6. The third-order valence-electron chi connectivity index (χ3n) is 3.56. The fraction of sp³-hybridized carbons (Fsp3) is 0.375. The summed E-state index contributed by atoms with van der Waals surface area (Å²) in [6, 6.07) is 7.73. The molecule has 4 heteroatoms. The number of ether oxygens (including phenoxy) is 2. The van der Waals surface area contributed by atoms with Gasteiger partial charge >= 0.3 is 5.97 Å². The van der Waals surface area contributed by atoms with Crippen LogP contribution in [-0.2, 0) is 19.1 Å². The number of aryl methyl sites for hydroxylation is 1. The van der Waals surface area contributed by atoms with E-state index in [0.717, 1.165) is 11.1 Å². The molecule has 1 aliphatic rings. The molecule has 0 bridgehead atoms. The molecule has 1 heterocycles. The molecule has 2 atom stereocenters. The normalized spacial score (nSPS) is 25.5. The van der Waals surface area contributed by atoms with Crippen LogP contribution < -0.4 is 0 Å². The molecule has 4 nitrogen and oxygen atoms in total. The summed E-state index contributed by atoms with van der Waals surface area (Å²) in [5, 5.41) is 0. The lowest BCUT2D eigenvalue weighted by Crippen LogP contribution is -2.45. The molecular formula is C16H18O4. The van der Waals surface area contributed by atoms with Gasteiger partial charge in [-0.2, -0.15) is 0 Å². The second-order valence-corrected chi connectivity index (χ2v) is 4.96. The molecule has 106 valence electrons. The van der Waals surface area contributed by atoms with Gasteiger partial charge in [-0.15, -0.1) is 6.58 Å². The molecule has 2 rings (SSSR count). The van der Waals surface area contributed by atoms with E-state index in [1.807, 2.05) is 31.2 Å². The molecule has 20 heavy (non-hydrogen) atoms. The van der Waals surface area contributed by atoms with Crippen molar-refractivity contribution in [1.29, 1.82) is 0 Å². The molecule has 0 aliphatic carbocycles. The summed E-state index contributed by atoms with van der Waals surface area (Å²) in [4.78, 5) is 24.2. The highest BCUT2D eigenvalue weighted by Gasteiger charge is 2.54. The maximum Gasteiger partial charge on any atom is 0.346 e. The smallest absolute Gasteiger partial charge is 0.346 e. The molecule has 1 aliphatic heterocycles. The Hall–Kier alpha value is -1.94. The predicted octanol–water partition coefficient (Wildman–Crippen LogP) is 2.51. The number of hydrogen-bond acceptors (Lipinski definition) is 4. The second-order valence-electron chi connectivity index (χ2n) is 4.96. The van der Waals surface area contributed by atoms with Crippen LogP contribution in [0.25, 0.3) is 0 Å².